The van der Waals surface area contributed by atoms with E-state index in [-0.39, 0.29) is 6.03 Å². The monoisotopic (exact) mass is 251 g/mol. The number of anilines is 1. The summed E-state index contributed by atoms with van der Waals surface area (Å²) in [5.74, 6) is 0. The lowest BCUT2D eigenvalue weighted by Gasteiger charge is -2.30. The molecule has 0 atom stereocenters. The Labute approximate surface area is 111 Å². The molecule has 2 heterocycles. The van der Waals surface area contributed by atoms with Crippen LogP contribution in [0.1, 0.15) is 11.3 Å². The second-order valence-electron chi connectivity index (χ2n) is 4.33. The maximum absolute atomic E-state index is 12.1. The van der Waals surface area contributed by atoms with Crippen molar-refractivity contribution < 1.29 is 4.79 Å². The third kappa shape index (κ3) is 2.08. The van der Waals surface area contributed by atoms with Gasteiger partial charge in [0.2, 0.25) is 0 Å². The number of benzene rings is 1. The minimum absolute atomic E-state index is 0.172. The lowest BCUT2D eigenvalue weighted by atomic mass is 10.1. The lowest BCUT2D eigenvalue weighted by Crippen LogP contribution is -2.37. The van der Waals surface area contributed by atoms with Crippen LogP contribution in [0.15, 0.2) is 55.2 Å². The van der Waals surface area contributed by atoms with Crippen molar-refractivity contribution in [2.45, 2.75) is 6.54 Å². The van der Waals surface area contributed by atoms with Crippen molar-refractivity contribution in [2.75, 3.05) is 5.32 Å². The number of hydrogen-bond donors (Lipinski definition) is 1. The van der Waals surface area contributed by atoms with Crippen molar-refractivity contribution in [1.82, 2.24) is 9.88 Å². The van der Waals surface area contributed by atoms with Crippen LogP contribution in [0.5, 0.6) is 0 Å². The molecular formula is C15H13N3O. The number of rotatable bonds is 2. The number of carbonyl (C=O) groups excluding carboxylic acids is 1. The minimum Gasteiger partial charge on any atom is -0.307 e. The van der Waals surface area contributed by atoms with Gasteiger partial charge in [0, 0.05) is 17.5 Å². The van der Waals surface area contributed by atoms with E-state index in [1.165, 1.54) is 0 Å². The van der Waals surface area contributed by atoms with Crippen LogP contribution >= 0.6 is 0 Å². The molecule has 4 heteroatoms. The molecule has 4 nitrogen and oxygen atoms in total. The smallest absolute Gasteiger partial charge is 0.307 e. The van der Waals surface area contributed by atoms with Gasteiger partial charge >= 0.3 is 6.03 Å². The van der Waals surface area contributed by atoms with E-state index >= 15 is 0 Å². The number of amides is 2. The van der Waals surface area contributed by atoms with Crippen LogP contribution in [0.3, 0.4) is 0 Å². The second kappa shape index (κ2) is 4.57. The van der Waals surface area contributed by atoms with E-state index in [2.05, 4.69) is 16.9 Å². The predicted molar refractivity (Wildman–Crippen MR) is 74.3 cm³/mol. The summed E-state index contributed by atoms with van der Waals surface area (Å²) in [5, 5.41) is 2.86. The number of aromatic nitrogens is 1. The maximum Gasteiger partial charge on any atom is 0.326 e. The average Bonchev–Trinajstić information content (AvgIpc) is 2.45. The highest BCUT2D eigenvalue weighted by atomic mass is 16.2. The van der Waals surface area contributed by atoms with Gasteiger partial charge in [0.05, 0.1) is 17.9 Å². The normalized spacial score (nSPS) is 14.0. The molecule has 0 spiro atoms. The highest BCUT2D eigenvalue weighted by Crippen LogP contribution is 2.31. The number of para-hydroxylation sites is 1. The number of nitrogens with one attached hydrogen (secondary N) is 1. The van der Waals surface area contributed by atoms with Gasteiger partial charge in [0.15, 0.2) is 0 Å². The molecule has 0 aliphatic carbocycles. The summed E-state index contributed by atoms with van der Waals surface area (Å²) >= 11 is 0. The number of carbonyl (C=O) groups is 1. The van der Waals surface area contributed by atoms with Gasteiger partial charge in [-0.3, -0.25) is 9.88 Å². The Hall–Kier alpha value is -2.62. The van der Waals surface area contributed by atoms with Crippen molar-refractivity contribution in [3.63, 3.8) is 0 Å². The fourth-order valence-corrected chi connectivity index (χ4v) is 2.12. The van der Waals surface area contributed by atoms with Gasteiger partial charge in [-0.05, 0) is 18.2 Å². The van der Waals surface area contributed by atoms with Crippen LogP contribution in [-0.4, -0.2) is 15.9 Å². The molecule has 1 N–H and O–H groups in total. The van der Waals surface area contributed by atoms with E-state index in [4.69, 9.17) is 0 Å². The van der Waals surface area contributed by atoms with Crippen LogP contribution in [-0.2, 0) is 6.54 Å². The topological polar surface area (TPSA) is 45.2 Å². The van der Waals surface area contributed by atoms with Gasteiger partial charge < -0.3 is 5.32 Å². The molecule has 1 aliphatic heterocycles. The molecule has 2 amide bonds. The Kier molecular flexibility index (Phi) is 2.76. The molecule has 1 aliphatic rings. The zero-order valence-corrected chi connectivity index (χ0v) is 10.3. The molecule has 0 radical (unpaired) electrons. The summed E-state index contributed by atoms with van der Waals surface area (Å²) in [6.07, 6.45) is 1.72. The van der Waals surface area contributed by atoms with E-state index in [1.807, 2.05) is 42.5 Å². The third-order valence-electron chi connectivity index (χ3n) is 3.10. The molecule has 94 valence electrons. The quantitative estimate of drug-likeness (QED) is 0.891. The zero-order chi connectivity index (χ0) is 13.2. The van der Waals surface area contributed by atoms with Gasteiger partial charge in [-0.2, -0.15) is 0 Å². The summed E-state index contributed by atoms with van der Waals surface area (Å²) in [4.78, 5) is 17.9. The first-order chi connectivity index (χ1) is 9.25. The van der Waals surface area contributed by atoms with Crippen molar-refractivity contribution in [3.05, 3.63) is 66.5 Å². The highest BCUT2D eigenvalue weighted by molar-refractivity contribution is 6.02. The largest absolute Gasteiger partial charge is 0.326 e. The van der Waals surface area contributed by atoms with Gasteiger partial charge in [0.25, 0.3) is 0 Å². The van der Waals surface area contributed by atoms with Crippen molar-refractivity contribution >= 4 is 17.4 Å². The molecule has 0 bridgehead atoms. The van der Waals surface area contributed by atoms with Crippen molar-refractivity contribution in [1.29, 1.82) is 0 Å². The Morgan fingerprint density at radius 1 is 1.16 bits per heavy atom. The Bertz CT molecular complexity index is 637. The van der Waals surface area contributed by atoms with E-state index in [9.17, 15) is 4.79 Å². The Balaban J connectivity index is 1.92. The molecule has 1 aromatic heterocycles. The summed E-state index contributed by atoms with van der Waals surface area (Å²) in [6, 6.07) is 13.1. The summed E-state index contributed by atoms with van der Waals surface area (Å²) in [7, 11) is 0. The van der Waals surface area contributed by atoms with E-state index in [1.54, 1.807) is 11.1 Å². The first-order valence-electron chi connectivity index (χ1n) is 6.02. The van der Waals surface area contributed by atoms with Crippen LogP contribution in [0.25, 0.3) is 5.70 Å². The first kappa shape index (κ1) is 11.5. The standard InChI is InChI=1S/C15H13N3O/c1-11-13-7-2-3-8-14(13)17-15(19)18(11)10-12-6-4-5-9-16-12/h2-9H,1,10H2,(H,17,19). The number of hydrogen-bond acceptors (Lipinski definition) is 2. The minimum atomic E-state index is -0.172. The van der Waals surface area contributed by atoms with Crippen molar-refractivity contribution in [2.24, 2.45) is 0 Å². The molecule has 19 heavy (non-hydrogen) atoms. The Morgan fingerprint density at radius 2 is 1.95 bits per heavy atom. The summed E-state index contributed by atoms with van der Waals surface area (Å²) in [5.41, 5.74) is 3.27. The molecule has 0 saturated carbocycles. The summed E-state index contributed by atoms with van der Waals surface area (Å²) in [6.45, 7) is 4.44. The third-order valence-corrected chi connectivity index (χ3v) is 3.10. The average molecular weight is 251 g/mol. The molecule has 0 saturated heterocycles. The maximum atomic E-state index is 12.1. The first-order valence-corrected chi connectivity index (χ1v) is 6.02. The number of urea groups is 1. The molecule has 0 unspecified atom stereocenters. The van der Waals surface area contributed by atoms with Gasteiger partial charge in [-0.25, -0.2) is 4.79 Å². The molecule has 3 rings (SSSR count). The van der Waals surface area contributed by atoms with E-state index in [0.29, 0.717) is 12.2 Å². The van der Waals surface area contributed by atoms with Crippen molar-refractivity contribution in [3.8, 4) is 0 Å². The van der Waals surface area contributed by atoms with Crippen LogP contribution in [0.4, 0.5) is 10.5 Å². The van der Waals surface area contributed by atoms with Gasteiger partial charge in [-0.1, -0.05) is 30.8 Å². The Morgan fingerprint density at radius 3 is 2.74 bits per heavy atom. The zero-order valence-electron chi connectivity index (χ0n) is 10.3. The highest BCUT2D eigenvalue weighted by Gasteiger charge is 2.26. The summed E-state index contributed by atoms with van der Waals surface area (Å²) < 4.78 is 0. The van der Waals surface area contributed by atoms with Gasteiger partial charge in [-0.15, -0.1) is 0 Å². The molecule has 2 aromatic rings. The van der Waals surface area contributed by atoms with Gasteiger partial charge in [0.1, 0.15) is 0 Å². The fraction of sp³-hybridized carbons (Fsp3) is 0.0667. The number of nitrogens with zero attached hydrogens (tertiary/aromatic N) is 2. The van der Waals surface area contributed by atoms with E-state index < -0.39 is 0 Å². The second-order valence-corrected chi connectivity index (χ2v) is 4.33. The predicted octanol–water partition coefficient (Wildman–Crippen LogP) is 3.10. The van der Waals surface area contributed by atoms with Crippen LogP contribution in [0, 0.1) is 0 Å². The fourth-order valence-electron chi connectivity index (χ4n) is 2.12. The number of fused-ring (bicyclic) bond motifs is 1. The molecule has 1 aromatic carbocycles. The lowest BCUT2D eigenvalue weighted by molar-refractivity contribution is 0.228. The molecular weight excluding hydrogens is 238 g/mol. The van der Waals surface area contributed by atoms with Crippen LogP contribution in [0.2, 0.25) is 0 Å². The van der Waals surface area contributed by atoms with E-state index in [0.717, 1.165) is 16.9 Å². The molecule has 0 fully saturated rings. The number of pyridine rings is 1. The SMILES string of the molecule is C=C1c2ccccc2NC(=O)N1Cc1ccccn1. The van der Waals surface area contributed by atoms with Crippen LogP contribution < -0.4 is 5.32 Å².